The third-order valence-electron chi connectivity index (χ3n) is 11.9. The first kappa shape index (κ1) is 40.2. The average Bonchev–Trinajstić information content (AvgIpc) is 3.71. The van der Waals surface area contributed by atoms with Gasteiger partial charge in [-0.15, -0.1) is 0 Å². The molecule has 1 saturated carbocycles. The molecule has 11 heteroatoms. The van der Waals surface area contributed by atoms with Crippen molar-refractivity contribution in [1.29, 1.82) is 0 Å². The lowest BCUT2D eigenvalue weighted by Crippen LogP contribution is -3.00. The summed E-state index contributed by atoms with van der Waals surface area (Å²) in [6.07, 6.45) is 6.38. The summed E-state index contributed by atoms with van der Waals surface area (Å²) in [6.45, 7) is 4.44. The van der Waals surface area contributed by atoms with Crippen LogP contribution in [-0.4, -0.2) is 88.3 Å². The zero-order valence-corrected chi connectivity index (χ0v) is 31.8. The molecule has 4 fully saturated rings. The van der Waals surface area contributed by atoms with Gasteiger partial charge in [0.15, 0.2) is 0 Å². The molecule has 3 aromatic rings. The van der Waals surface area contributed by atoms with E-state index in [9.17, 15) is 30.3 Å². The van der Waals surface area contributed by atoms with Crippen LogP contribution in [0.1, 0.15) is 78.9 Å². The van der Waals surface area contributed by atoms with Gasteiger partial charge in [0.1, 0.15) is 41.3 Å². The number of carbonyl (C=O) groups excluding carboxylic acids is 1. The highest BCUT2D eigenvalue weighted by molar-refractivity contribution is 5.81. The summed E-state index contributed by atoms with van der Waals surface area (Å²) in [5.41, 5.74) is 2.52. The number of carbonyl (C=O) groups is 1. The Hall–Kier alpha value is -3.03. The van der Waals surface area contributed by atoms with Crippen molar-refractivity contribution >= 4 is 5.78 Å². The fourth-order valence-corrected chi connectivity index (χ4v) is 8.67. The molecule has 0 radical (unpaired) electrons. The third kappa shape index (κ3) is 9.36. The van der Waals surface area contributed by atoms with Crippen LogP contribution < -0.4 is 27.0 Å². The van der Waals surface area contributed by atoms with E-state index in [4.69, 9.17) is 9.47 Å². The number of aliphatic hydroxyl groups is 3. The monoisotopic (exact) mass is 782 g/mol. The summed E-state index contributed by atoms with van der Waals surface area (Å²) in [5.74, 6) is 1.68. The Kier molecular flexibility index (Phi) is 13.8. The van der Waals surface area contributed by atoms with Gasteiger partial charge in [-0.1, -0.05) is 43.2 Å². The Balaban J connectivity index is 0.00000523. The van der Waals surface area contributed by atoms with E-state index in [1.165, 1.54) is 6.07 Å². The average molecular weight is 784 g/mol. The van der Waals surface area contributed by atoms with E-state index in [0.29, 0.717) is 42.2 Å². The molecule has 6 N–H and O–H groups in total. The minimum absolute atomic E-state index is 0. The third-order valence-corrected chi connectivity index (χ3v) is 11.9. The lowest BCUT2D eigenvalue weighted by Gasteiger charge is -2.53. The SMILES string of the molecule is COc1cc(CC(=O)CC[N+]23CCC(CC2)[C@@H](OC[C@@](O)(c2ccc(O)cc2)C2CCCC2)C3)ccc1CNC[C@H](O)c1ccc(O)c(CO)c1.[Br-]. The Morgan fingerprint density at radius 1 is 0.981 bits per heavy atom. The molecule has 3 heterocycles. The lowest BCUT2D eigenvalue weighted by atomic mass is 9.80. The van der Waals surface area contributed by atoms with E-state index in [0.717, 1.165) is 85.9 Å². The Labute approximate surface area is 317 Å². The number of fused-ring (bicyclic) bond motifs is 3. The van der Waals surface area contributed by atoms with Crippen molar-refractivity contribution < 1.29 is 61.3 Å². The maximum absolute atomic E-state index is 13.3. The summed E-state index contributed by atoms with van der Waals surface area (Å²) >= 11 is 0. The van der Waals surface area contributed by atoms with Crippen molar-refractivity contribution in [3.05, 3.63) is 88.5 Å². The second-order valence-corrected chi connectivity index (χ2v) is 15.1. The first-order valence-corrected chi connectivity index (χ1v) is 18.6. The number of rotatable bonds is 17. The van der Waals surface area contributed by atoms with E-state index in [2.05, 4.69) is 5.32 Å². The summed E-state index contributed by atoms with van der Waals surface area (Å²) in [5, 5.41) is 55.0. The van der Waals surface area contributed by atoms with E-state index < -0.39 is 11.7 Å². The summed E-state index contributed by atoms with van der Waals surface area (Å²) in [4.78, 5) is 13.3. The van der Waals surface area contributed by atoms with E-state index in [1.54, 1.807) is 31.4 Å². The summed E-state index contributed by atoms with van der Waals surface area (Å²) in [6, 6.07) is 17.5. The molecule has 3 aliphatic heterocycles. The molecular formula is C41H55BrN2O8. The molecule has 0 amide bonds. The van der Waals surface area contributed by atoms with Gasteiger partial charge in [-0.3, -0.25) is 4.79 Å². The van der Waals surface area contributed by atoms with Crippen LogP contribution in [0.25, 0.3) is 0 Å². The topological polar surface area (TPSA) is 149 Å². The molecular weight excluding hydrogens is 728 g/mol. The normalized spacial score (nSPS) is 23.2. The number of phenols is 2. The molecule has 0 unspecified atom stereocenters. The van der Waals surface area contributed by atoms with Crippen molar-refractivity contribution in [1.82, 2.24) is 5.32 Å². The van der Waals surface area contributed by atoms with Crippen LogP contribution >= 0.6 is 0 Å². The van der Waals surface area contributed by atoms with E-state index in [1.807, 2.05) is 30.3 Å². The number of piperidine rings is 3. The number of ether oxygens (including phenoxy) is 2. The van der Waals surface area contributed by atoms with E-state index >= 15 is 0 Å². The molecule has 52 heavy (non-hydrogen) atoms. The Morgan fingerprint density at radius 3 is 2.40 bits per heavy atom. The van der Waals surface area contributed by atoms with Crippen LogP contribution in [0, 0.1) is 11.8 Å². The largest absolute Gasteiger partial charge is 1.00 e. The lowest BCUT2D eigenvalue weighted by molar-refractivity contribution is -0.946. The van der Waals surface area contributed by atoms with Crippen LogP contribution in [0.2, 0.25) is 0 Å². The first-order chi connectivity index (χ1) is 24.6. The predicted octanol–water partition coefficient (Wildman–Crippen LogP) is 1.63. The molecule has 3 atom stereocenters. The molecule has 0 aromatic heterocycles. The van der Waals surface area contributed by atoms with Crippen molar-refractivity contribution in [2.75, 3.05) is 46.4 Å². The number of methoxy groups -OCH3 is 1. The first-order valence-electron chi connectivity index (χ1n) is 18.6. The molecule has 0 spiro atoms. The molecule has 3 saturated heterocycles. The Bertz CT molecular complexity index is 1620. The minimum atomic E-state index is -1.08. The van der Waals surface area contributed by atoms with Gasteiger partial charge in [0.05, 0.1) is 52.5 Å². The van der Waals surface area contributed by atoms with Crippen LogP contribution in [0.3, 0.4) is 0 Å². The second kappa shape index (κ2) is 17.9. The van der Waals surface area contributed by atoms with Gasteiger partial charge in [0.2, 0.25) is 0 Å². The highest BCUT2D eigenvalue weighted by atomic mass is 79.9. The van der Waals surface area contributed by atoms with Gasteiger partial charge in [-0.25, -0.2) is 0 Å². The number of ketones is 1. The quantitative estimate of drug-likeness (QED) is 0.113. The number of Topliss-reactive ketones (excluding diaryl/α,β-unsaturated/α-hetero) is 1. The molecule has 4 aliphatic rings. The van der Waals surface area contributed by atoms with E-state index in [-0.39, 0.29) is 66.0 Å². The number of hydrogen-bond acceptors (Lipinski definition) is 9. The van der Waals surface area contributed by atoms with Gasteiger partial charge in [0.25, 0.3) is 0 Å². The fraction of sp³-hybridized carbons (Fsp3) is 0.537. The molecule has 7 rings (SSSR count). The fourth-order valence-electron chi connectivity index (χ4n) is 8.67. The number of nitrogens with one attached hydrogen (secondary N) is 1. The number of benzene rings is 3. The molecule has 10 nitrogen and oxygen atoms in total. The highest BCUT2D eigenvalue weighted by Crippen LogP contribution is 2.43. The number of nitrogens with zero attached hydrogens (tertiary/aromatic N) is 1. The van der Waals surface area contributed by atoms with Crippen LogP contribution in [0.4, 0.5) is 0 Å². The van der Waals surface area contributed by atoms with Crippen LogP contribution in [0.15, 0.2) is 60.7 Å². The number of phenolic OH excluding ortho intramolecular Hbond substituents is 1. The zero-order chi connectivity index (χ0) is 36.0. The van der Waals surface area contributed by atoms with Crippen molar-refractivity contribution in [3.8, 4) is 17.2 Å². The van der Waals surface area contributed by atoms with Gasteiger partial charge in [-0.05, 0) is 65.8 Å². The number of hydrogen-bond donors (Lipinski definition) is 6. The van der Waals surface area contributed by atoms with Gasteiger partial charge < -0.3 is 61.8 Å². The minimum Gasteiger partial charge on any atom is -1.00 e. The van der Waals surface area contributed by atoms with Gasteiger partial charge in [0, 0.05) is 49.4 Å². The molecule has 1 aliphatic carbocycles. The van der Waals surface area contributed by atoms with Crippen LogP contribution in [-0.2, 0) is 34.7 Å². The summed E-state index contributed by atoms with van der Waals surface area (Å²) < 4.78 is 13.2. The smallest absolute Gasteiger partial charge is 0.142 e. The Morgan fingerprint density at radius 2 is 1.71 bits per heavy atom. The molecule has 2 bridgehead atoms. The van der Waals surface area contributed by atoms with Crippen molar-refractivity contribution in [3.63, 3.8) is 0 Å². The number of aliphatic hydroxyl groups excluding tert-OH is 2. The van der Waals surface area contributed by atoms with Crippen LogP contribution in [0.5, 0.6) is 17.2 Å². The van der Waals surface area contributed by atoms with Crippen molar-refractivity contribution in [2.45, 2.75) is 82.3 Å². The number of aromatic hydroxyl groups is 2. The number of halogens is 1. The van der Waals surface area contributed by atoms with Gasteiger partial charge in [-0.2, -0.15) is 0 Å². The second-order valence-electron chi connectivity index (χ2n) is 15.1. The zero-order valence-electron chi connectivity index (χ0n) is 30.2. The predicted molar refractivity (Wildman–Crippen MR) is 193 cm³/mol. The maximum Gasteiger partial charge on any atom is 0.142 e. The highest BCUT2D eigenvalue weighted by Gasteiger charge is 2.48. The standard InChI is InChI=1S/C41H54N2O8.BrH/c1-50-39-21-28(6-7-31(39)23-42-24-38(48)30-8-13-37(47)32(22-30)26-44)20-36(46)16-19-43-17-14-29(15-18-43)40(25-43)51-27-41(49,33-4-2-3-5-33)34-9-11-35(45)12-10-34;/h6-13,21-22,29,33,38,40,42,44,48-49H,2-5,14-20,23-27H2,1H3,(H-,45,47);1H/t29?,38-,40-,41-,43?;/m0./s1. The van der Waals surface area contributed by atoms with Gasteiger partial charge >= 0.3 is 0 Å². The molecule has 3 aromatic carbocycles. The number of quaternary nitrogens is 1. The van der Waals surface area contributed by atoms with Crippen molar-refractivity contribution in [2.24, 2.45) is 11.8 Å². The summed E-state index contributed by atoms with van der Waals surface area (Å²) in [7, 11) is 1.61. The maximum atomic E-state index is 13.3. The molecule has 284 valence electrons.